The van der Waals surface area contributed by atoms with E-state index in [1.54, 1.807) is 0 Å². The van der Waals surface area contributed by atoms with Crippen molar-refractivity contribution >= 4 is 23.7 Å². The molecule has 1 saturated heterocycles. The second kappa shape index (κ2) is 12.3. The standard InChI is InChI=1S/C19H32N4O6/c1-2-3-8-28-19(27)22-16(18(25)26)12-21-17(24)11-15-10-14(23-29-15)9-13-4-6-20-7-5-13/h13,15-16,20H,2-12H2,1H3,(H,21,24)(H,22,27)(H,25,26)/t15?,16-/m0/s1. The van der Waals surface area contributed by atoms with Gasteiger partial charge in [-0.15, -0.1) is 0 Å². The van der Waals surface area contributed by atoms with E-state index in [0.717, 1.165) is 44.5 Å². The summed E-state index contributed by atoms with van der Waals surface area (Å²) in [6.07, 6.45) is 4.25. The normalized spacial score (nSPS) is 20.3. The van der Waals surface area contributed by atoms with E-state index in [1.807, 2.05) is 6.92 Å². The van der Waals surface area contributed by atoms with E-state index in [1.165, 1.54) is 0 Å². The number of oxime groups is 1. The Kier molecular flexibility index (Phi) is 9.69. The van der Waals surface area contributed by atoms with Gasteiger partial charge in [0.25, 0.3) is 0 Å². The van der Waals surface area contributed by atoms with E-state index >= 15 is 0 Å². The zero-order valence-corrected chi connectivity index (χ0v) is 16.9. The number of aliphatic carboxylic acids is 1. The quantitative estimate of drug-likeness (QED) is 0.371. The highest BCUT2D eigenvalue weighted by molar-refractivity contribution is 5.87. The van der Waals surface area contributed by atoms with Gasteiger partial charge in [0.1, 0.15) is 12.1 Å². The monoisotopic (exact) mass is 412 g/mol. The molecule has 2 rings (SSSR count). The van der Waals surface area contributed by atoms with E-state index in [4.69, 9.17) is 9.57 Å². The number of carbonyl (C=O) groups is 3. The molecule has 2 atom stereocenters. The molecule has 29 heavy (non-hydrogen) atoms. The lowest BCUT2D eigenvalue weighted by Crippen LogP contribution is -2.48. The molecule has 0 aromatic heterocycles. The Bertz CT molecular complexity index is 591. The first-order chi connectivity index (χ1) is 14.0. The van der Waals surface area contributed by atoms with Crippen LogP contribution in [0.3, 0.4) is 0 Å². The topological polar surface area (TPSA) is 138 Å². The molecule has 1 unspecified atom stereocenters. The number of rotatable bonds is 11. The molecule has 0 aromatic rings. The fourth-order valence-electron chi connectivity index (χ4n) is 3.32. The zero-order valence-electron chi connectivity index (χ0n) is 16.9. The third-order valence-corrected chi connectivity index (χ3v) is 5.01. The average molecular weight is 412 g/mol. The van der Waals surface area contributed by atoms with E-state index in [9.17, 15) is 19.5 Å². The Labute approximate surface area is 170 Å². The number of amides is 2. The molecule has 10 nitrogen and oxygen atoms in total. The van der Waals surface area contributed by atoms with Crippen LogP contribution in [0, 0.1) is 5.92 Å². The van der Waals surface area contributed by atoms with Crippen molar-refractivity contribution in [3.63, 3.8) is 0 Å². The van der Waals surface area contributed by atoms with Gasteiger partial charge in [-0.3, -0.25) is 4.79 Å². The highest BCUT2D eigenvalue weighted by atomic mass is 16.6. The number of carboxylic acid groups (broad SMARTS) is 1. The summed E-state index contributed by atoms with van der Waals surface area (Å²) in [7, 11) is 0. The Balaban J connectivity index is 1.66. The third kappa shape index (κ3) is 8.68. The molecule has 0 aromatic carbocycles. The van der Waals surface area contributed by atoms with Crippen molar-refractivity contribution < 1.29 is 29.1 Å². The van der Waals surface area contributed by atoms with Crippen LogP contribution in [0.4, 0.5) is 4.79 Å². The summed E-state index contributed by atoms with van der Waals surface area (Å²) in [6, 6.07) is -1.26. The Hall–Kier alpha value is -2.36. The summed E-state index contributed by atoms with van der Waals surface area (Å²) in [5.41, 5.74) is 0.981. The van der Waals surface area contributed by atoms with Crippen LogP contribution in [0.25, 0.3) is 0 Å². The van der Waals surface area contributed by atoms with Crippen molar-refractivity contribution in [2.24, 2.45) is 11.1 Å². The number of carbonyl (C=O) groups excluding carboxylic acids is 2. The van der Waals surface area contributed by atoms with Crippen molar-refractivity contribution in [2.45, 2.75) is 64.0 Å². The van der Waals surface area contributed by atoms with Crippen LogP contribution in [-0.2, 0) is 19.2 Å². The highest BCUT2D eigenvalue weighted by Gasteiger charge is 2.27. The van der Waals surface area contributed by atoms with Gasteiger partial charge in [-0.1, -0.05) is 18.5 Å². The molecule has 0 radical (unpaired) electrons. The molecule has 0 aliphatic carbocycles. The number of carboxylic acids is 1. The van der Waals surface area contributed by atoms with Gasteiger partial charge in [-0.05, 0) is 44.7 Å². The SMILES string of the molecule is CCCCOC(=O)N[C@@H](CNC(=O)CC1CC(CC2CCNCC2)=NO1)C(=O)O. The number of ether oxygens (including phenoxy) is 1. The molecule has 2 aliphatic rings. The first kappa shape index (κ1) is 22.9. The fraction of sp³-hybridized carbons (Fsp3) is 0.789. The lowest BCUT2D eigenvalue weighted by atomic mass is 9.91. The largest absolute Gasteiger partial charge is 0.480 e. The summed E-state index contributed by atoms with van der Waals surface area (Å²) in [6.45, 7) is 3.99. The molecule has 0 spiro atoms. The second-order valence-electron chi connectivity index (χ2n) is 7.52. The van der Waals surface area contributed by atoms with Crippen molar-refractivity contribution in [2.75, 3.05) is 26.2 Å². The minimum atomic E-state index is -1.26. The summed E-state index contributed by atoms with van der Waals surface area (Å²) in [4.78, 5) is 40.4. The van der Waals surface area contributed by atoms with Gasteiger partial charge in [-0.2, -0.15) is 0 Å². The molecule has 2 amide bonds. The van der Waals surface area contributed by atoms with E-state index in [0.29, 0.717) is 18.8 Å². The van der Waals surface area contributed by atoms with Gasteiger partial charge in [0.15, 0.2) is 0 Å². The minimum absolute atomic E-state index is 0.0898. The van der Waals surface area contributed by atoms with Crippen LogP contribution in [0.1, 0.15) is 51.9 Å². The third-order valence-electron chi connectivity index (χ3n) is 5.01. The van der Waals surface area contributed by atoms with Gasteiger partial charge in [0, 0.05) is 13.0 Å². The van der Waals surface area contributed by atoms with Crippen molar-refractivity contribution in [3.8, 4) is 0 Å². The van der Waals surface area contributed by atoms with Gasteiger partial charge in [-0.25, -0.2) is 9.59 Å². The van der Waals surface area contributed by atoms with Crippen molar-refractivity contribution in [3.05, 3.63) is 0 Å². The summed E-state index contributed by atoms with van der Waals surface area (Å²) >= 11 is 0. The molecular formula is C19H32N4O6. The van der Waals surface area contributed by atoms with Gasteiger partial charge in [0.05, 0.1) is 18.7 Å². The maximum atomic E-state index is 12.1. The Morgan fingerprint density at radius 3 is 2.79 bits per heavy atom. The Morgan fingerprint density at radius 1 is 1.34 bits per heavy atom. The lowest BCUT2D eigenvalue weighted by Gasteiger charge is -2.21. The van der Waals surface area contributed by atoms with Crippen LogP contribution >= 0.6 is 0 Å². The molecule has 2 heterocycles. The van der Waals surface area contributed by atoms with Gasteiger partial charge < -0.3 is 30.6 Å². The number of nitrogens with one attached hydrogen (secondary N) is 3. The number of alkyl carbamates (subject to hydrolysis) is 1. The van der Waals surface area contributed by atoms with Crippen LogP contribution < -0.4 is 16.0 Å². The second-order valence-corrected chi connectivity index (χ2v) is 7.52. The molecule has 164 valence electrons. The molecule has 10 heteroatoms. The molecule has 2 aliphatic heterocycles. The van der Waals surface area contributed by atoms with Crippen molar-refractivity contribution in [1.82, 2.24) is 16.0 Å². The van der Waals surface area contributed by atoms with Crippen LogP contribution in [-0.4, -0.2) is 67.2 Å². The van der Waals surface area contributed by atoms with Crippen LogP contribution in [0.5, 0.6) is 0 Å². The van der Waals surface area contributed by atoms with E-state index in [2.05, 4.69) is 21.1 Å². The lowest BCUT2D eigenvalue weighted by molar-refractivity contribution is -0.139. The van der Waals surface area contributed by atoms with E-state index < -0.39 is 18.1 Å². The Morgan fingerprint density at radius 2 is 2.10 bits per heavy atom. The summed E-state index contributed by atoms with van der Waals surface area (Å²) < 4.78 is 4.89. The number of unbranched alkanes of at least 4 members (excludes halogenated alkanes) is 1. The molecule has 1 fully saturated rings. The summed E-state index contributed by atoms with van der Waals surface area (Å²) in [5.74, 6) is -0.992. The van der Waals surface area contributed by atoms with E-state index in [-0.39, 0.29) is 31.6 Å². The molecule has 4 N–H and O–H groups in total. The number of nitrogens with zero attached hydrogens (tertiary/aromatic N) is 1. The van der Waals surface area contributed by atoms with Gasteiger partial charge >= 0.3 is 12.1 Å². The number of hydrogen-bond donors (Lipinski definition) is 4. The summed E-state index contributed by atoms with van der Waals surface area (Å²) in [5, 5.41) is 21.4. The van der Waals surface area contributed by atoms with Crippen LogP contribution in [0.2, 0.25) is 0 Å². The molecule has 0 bridgehead atoms. The number of hydrogen-bond acceptors (Lipinski definition) is 7. The first-order valence-corrected chi connectivity index (χ1v) is 10.3. The fourth-order valence-corrected chi connectivity index (χ4v) is 3.32. The smallest absolute Gasteiger partial charge is 0.407 e. The van der Waals surface area contributed by atoms with Gasteiger partial charge in [0.2, 0.25) is 5.91 Å². The zero-order chi connectivity index (χ0) is 21.1. The minimum Gasteiger partial charge on any atom is -0.480 e. The van der Waals surface area contributed by atoms with Crippen molar-refractivity contribution in [1.29, 1.82) is 0 Å². The maximum Gasteiger partial charge on any atom is 0.407 e. The predicted molar refractivity (Wildman–Crippen MR) is 106 cm³/mol. The maximum absolute atomic E-state index is 12.1. The average Bonchev–Trinajstić information content (AvgIpc) is 3.12. The van der Waals surface area contributed by atoms with Crippen LogP contribution in [0.15, 0.2) is 5.16 Å². The molecule has 0 saturated carbocycles. The number of piperidine rings is 1. The first-order valence-electron chi connectivity index (χ1n) is 10.3. The molecular weight excluding hydrogens is 380 g/mol. The predicted octanol–water partition coefficient (Wildman–Crippen LogP) is 1.01. The highest BCUT2D eigenvalue weighted by Crippen LogP contribution is 2.23.